The Bertz CT molecular complexity index is 1350. The van der Waals surface area contributed by atoms with Crippen LogP contribution in [0.3, 0.4) is 0 Å². The molecular formula is C36H38O6. The fourth-order valence-corrected chi connectivity index (χ4v) is 6.35. The summed E-state index contributed by atoms with van der Waals surface area (Å²) in [4.78, 5) is 25.4. The first kappa shape index (κ1) is 28.4. The van der Waals surface area contributed by atoms with Crippen LogP contribution in [0, 0.1) is 11.8 Å². The fourth-order valence-electron chi connectivity index (χ4n) is 6.35. The summed E-state index contributed by atoms with van der Waals surface area (Å²) in [7, 11) is 0. The summed E-state index contributed by atoms with van der Waals surface area (Å²) in [6.45, 7) is 0.718. The third-order valence-electron chi connectivity index (χ3n) is 8.61. The van der Waals surface area contributed by atoms with E-state index in [9.17, 15) is 9.59 Å². The van der Waals surface area contributed by atoms with Crippen molar-refractivity contribution in [2.45, 2.75) is 69.5 Å². The predicted octanol–water partition coefficient (Wildman–Crippen LogP) is 6.93. The molecule has 6 rings (SSSR count). The van der Waals surface area contributed by atoms with Crippen molar-refractivity contribution in [1.82, 2.24) is 0 Å². The number of aryl methyl sites for hydroxylation is 1. The van der Waals surface area contributed by atoms with Gasteiger partial charge in [0.25, 0.3) is 0 Å². The Balaban J connectivity index is 1.16. The summed E-state index contributed by atoms with van der Waals surface area (Å²) in [6, 6.07) is 27.9. The van der Waals surface area contributed by atoms with Crippen LogP contribution >= 0.6 is 0 Å². The number of hydrogen-bond donors (Lipinski definition) is 0. The van der Waals surface area contributed by atoms with E-state index in [1.807, 2.05) is 60.7 Å². The van der Waals surface area contributed by atoms with E-state index in [1.54, 1.807) is 0 Å². The molecular weight excluding hydrogens is 528 g/mol. The quantitative estimate of drug-likeness (QED) is 0.196. The molecule has 0 spiro atoms. The van der Waals surface area contributed by atoms with Crippen molar-refractivity contribution < 1.29 is 28.5 Å². The first-order valence-corrected chi connectivity index (χ1v) is 15.2. The molecule has 1 unspecified atom stereocenters. The van der Waals surface area contributed by atoms with Gasteiger partial charge in [-0.1, -0.05) is 84.9 Å². The van der Waals surface area contributed by atoms with Gasteiger partial charge < -0.3 is 18.9 Å². The van der Waals surface area contributed by atoms with E-state index in [0.29, 0.717) is 18.4 Å². The first-order valence-electron chi connectivity index (χ1n) is 15.2. The fraction of sp³-hybridized carbons (Fsp3) is 0.389. The van der Waals surface area contributed by atoms with E-state index in [1.165, 1.54) is 5.56 Å². The molecule has 6 atom stereocenters. The lowest BCUT2D eigenvalue weighted by Gasteiger charge is -2.27. The Kier molecular flexibility index (Phi) is 9.12. The highest BCUT2D eigenvalue weighted by molar-refractivity contribution is 5.90. The number of hydrogen-bond acceptors (Lipinski definition) is 6. The van der Waals surface area contributed by atoms with Gasteiger partial charge in [-0.3, -0.25) is 4.79 Å². The summed E-state index contributed by atoms with van der Waals surface area (Å²) in [6.07, 6.45) is 8.73. The molecule has 2 aliphatic heterocycles. The standard InChI is InChI=1S/C36H38O6/c37-34-23-31-30(21-20-29(40-35-13-7-8-22-39-35)19-14-25-9-3-1-4-10-25)32(24-33(31)41-34)42-36(38)28-17-15-27(16-18-28)26-11-5-2-6-12-26/h1-6,9-12,15-18,20-21,29-33,35H,7-8,13-14,19,22-24H2/t29-,30+,31+,32+,33-,35?/m0/s1. The zero-order valence-electron chi connectivity index (χ0n) is 23.8. The molecule has 2 saturated heterocycles. The summed E-state index contributed by atoms with van der Waals surface area (Å²) >= 11 is 0. The Morgan fingerprint density at radius 1 is 0.929 bits per heavy atom. The van der Waals surface area contributed by atoms with Gasteiger partial charge in [0, 0.05) is 24.9 Å². The zero-order chi connectivity index (χ0) is 28.7. The molecule has 3 aliphatic rings. The van der Waals surface area contributed by atoms with Crippen LogP contribution < -0.4 is 0 Å². The SMILES string of the molecule is O=C1C[C@@H]2[C@@H](C=C[C@H](CCc3ccccc3)OC3CCCCO3)[C@H](OC(=O)c3ccc(-c4ccccc4)cc3)C[C@@H]2O1. The summed E-state index contributed by atoms with van der Waals surface area (Å²) in [5.74, 6) is -0.703. The van der Waals surface area contributed by atoms with Crippen LogP contribution in [0.25, 0.3) is 11.1 Å². The highest BCUT2D eigenvalue weighted by atomic mass is 16.7. The van der Waals surface area contributed by atoms with Gasteiger partial charge >= 0.3 is 11.9 Å². The van der Waals surface area contributed by atoms with Gasteiger partial charge in [-0.05, 0) is 60.9 Å². The van der Waals surface area contributed by atoms with Crippen molar-refractivity contribution in [1.29, 1.82) is 0 Å². The van der Waals surface area contributed by atoms with Crippen molar-refractivity contribution in [3.05, 3.63) is 108 Å². The highest BCUT2D eigenvalue weighted by Gasteiger charge is 2.50. The third-order valence-corrected chi connectivity index (χ3v) is 8.61. The summed E-state index contributed by atoms with van der Waals surface area (Å²) < 4.78 is 24.0. The maximum Gasteiger partial charge on any atom is 0.338 e. The normalized spacial score (nSPS) is 26.1. The molecule has 218 valence electrons. The minimum Gasteiger partial charge on any atom is -0.462 e. The molecule has 0 amide bonds. The van der Waals surface area contributed by atoms with Crippen LogP contribution in [0.2, 0.25) is 0 Å². The summed E-state index contributed by atoms with van der Waals surface area (Å²) in [5.41, 5.74) is 3.89. The second-order valence-corrected chi connectivity index (χ2v) is 11.5. The molecule has 0 radical (unpaired) electrons. The number of carbonyl (C=O) groups is 2. The average molecular weight is 567 g/mol. The zero-order valence-corrected chi connectivity index (χ0v) is 23.8. The predicted molar refractivity (Wildman–Crippen MR) is 160 cm³/mol. The van der Waals surface area contributed by atoms with Gasteiger partial charge in [0.1, 0.15) is 12.2 Å². The summed E-state index contributed by atoms with van der Waals surface area (Å²) in [5, 5.41) is 0. The minimum absolute atomic E-state index is 0.0206. The van der Waals surface area contributed by atoms with Crippen LogP contribution in [-0.4, -0.2) is 43.1 Å². The van der Waals surface area contributed by atoms with Gasteiger partial charge in [0.2, 0.25) is 0 Å². The van der Waals surface area contributed by atoms with E-state index in [4.69, 9.17) is 18.9 Å². The van der Waals surface area contributed by atoms with Gasteiger partial charge in [0.15, 0.2) is 6.29 Å². The Hall–Kier alpha value is -3.74. The maximum atomic E-state index is 13.2. The lowest BCUT2D eigenvalue weighted by Crippen LogP contribution is -2.28. The molecule has 42 heavy (non-hydrogen) atoms. The molecule has 0 aromatic heterocycles. The molecule has 6 nitrogen and oxygen atoms in total. The Morgan fingerprint density at radius 2 is 1.67 bits per heavy atom. The lowest BCUT2D eigenvalue weighted by molar-refractivity contribution is -0.179. The Morgan fingerprint density at radius 3 is 2.40 bits per heavy atom. The number of esters is 2. The molecule has 3 aromatic carbocycles. The van der Waals surface area contributed by atoms with Crippen LogP contribution in [0.1, 0.15) is 54.4 Å². The van der Waals surface area contributed by atoms with E-state index in [2.05, 4.69) is 36.4 Å². The molecule has 0 bridgehead atoms. The first-order chi connectivity index (χ1) is 20.6. The molecule has 6 heteroatoms. The number of rotatable bonds is 10. The molecule has 3 fully saturated rings. The monoisotopic (exact) mass is 566 g/mol. The van der Waals surface area contributed by atoms with Crippen molar-refractivity contribution in [3.8, 4) is 11.1 Å². The smallest absolute Gasteiger partial charge is 0.338 e. The van der Waals surface area contributed by atoms with Crippen LogP contribution in [0.4, 0.5) is 0 Å². The van der Waals surface area contributed by atoms with Gasteiger partial charge in [0.05, 0.1) is 18.1 Å². The second kappa shape index (κ2) is 13.5. The lowest BCUT2D eigenvalue weighted by atomic mass is 9.91. The van der Waals surface area contributed by atoms with E-state index in [0.717, 1.165) is 49.8 Å². The van der Waals surface area contributed by atoms with Crippen LogP contribution in [-0.2, 0) is 30.2 Å². The average Bonchev–Trinajstić information content (AvgIpc) is 3.55. The van der Waals surface area contributed by atoms with Gasteiger partial charge in [-0.2, -0.15) is 0 Å². The van der Waals surface area contributed by atoms with Gasteiger partial charge in [-0.15, -0.1) is 0 Å². The van der Waals surface area contributed by atoms with E-state index in [-0.39, 0.29) is 48.4 Å². The van der Waals surface area contributed by atoms with Crippen molar-refractivity contribution in [3.63, 3.8) is 0 Å². The van der Waals surface area contributed by atoms with Crippen molar-refractivity contribution in [2.75, 3.05) is 6.61 Å². The number of ether oxygens (including phenoxy) is 4. The second-order valence-electron chi connectivity index (χ2n) is 11.5. The topological polar surface area (TPSA) is 71.1 Å². The minimum atomic E-state index is -0.383. The number of fused-ring (bicyclic) bond motifs is 1. The largest absolute Gasteiger partial charge is 0.462 e. The highest BCUT2D eigenvalue weighted by Crippen LogP contribution is 2.44. The van der Waals surface area contributed by atoms with Gasteiger partial charge in [-0.25, -0.2) is 4.79 Å². The third kappa shape index (κ3) is 7.00. The molecule has 1 saturated carbocycles. The number of carbonyl (C=O) groups excluding carboxylic acids is 2. The van der Waals surface area contributed by atoms with Crippen LogP contribution in [0.5, 0.6) is 0 Å². The number of benzene rings is 3. The maximum absolute atomic E-state index is 13.2. The molecule has 1 aliphatic carbocycles. The van der Waals surface area contributed by atoms with Crippen molar-refractivity contribution >= 4 is 11.9 Å². The van der Waals surface area contributed by atoms with Crippen molar-refractivity contribution in [2.24, 2.45) is 11.8 Å². The van der Waals surface area contributed by atoms with Crippen LogP contribution in [0.15, 0.2) is 97.1 Å². The van der Waals surface area contributed by atoms with E-state index < -0.39 is 0 Å². The van der Waals surface area contributed by atoms with E-state index >= 15 is 0 Å². The Labute approximate surface area is 247 Å². The molecule has 2 heterocycles. The molecule has 0 N–H and O–H groups in total. The molecule has 3 aromatic rings.